The zero-order valence-corrected chi connectivity index (χ0v) is 8.33. The van der Waals surface area contributed by atoms with E-state index < -0.39 is 0 Å². The van der Waals surface area contributed by atoms with E-state index in [1.54, 1.807) is 12.1 Å². The average molecular weight is 194 g/mol. The summed E-state index contributed by atoms with van der Waals surface area (Å²) in [5.41, 5.74) is 6.36. The van der Waals surface area contributed by atoms with Gasteiger partial charge in [-0.05, 0) is 25.0 Å². The number of hydrogen-bond donors (Lipinski definition) is 1. The highest BCUT2D eigenvalue weighted by Gasteiger charge is 2.45. The van der Waals surface area contributed by atoms with Crippen molar-refractivity contribution < 1.29 is 4.39 Å². The summed E-state index contributed by atoms with van der Waals surface area (Å²) in [4.78, 5) is 1.97. The summed E-state index contributed by atoms with van der Waals surface area (Å²) in [5.74, 6) is -0.172. The van der Waals surface area contributed by atoms with Gasteiger partial charge in [0.25, 0.3) is 0 Å². The number of nitrogens with two attached hydrogens (primary N) is 1. The molecule has 0 radical (unpaired) electrons. The van der Waals surface area contributed by atoms with Gasteiger partial charge >= 0.3 is 0 Å². The number of anilines is 1. The lowest BCUT2D eigenvalue weighted by Gasteiger charge is -2.29. The minimum Gasteiger partial charge on any atom is -0.365 e. The van der Waals surface area contributed by atoms with Gasteiger partial charge in [-0.15, -0.1) is 0 Å². The number of likely N-dealkylation sites (N-methyl/N-ethyl adjacent to an activating group) is 1. The van der Waals surface area contributed by atoms with Crippen LogP contribution < -0.4 is 10.6 Å². The Kier molecular flexibility index (Phi) is 2.19. The second kappa shape index (κ2) is 3.24. The lowest BCUT2D eigenvalue weighted by Crippen LogP contribution is -2.40. The Balaban J connectivity index is 2.27. The largest absolute Gasteiger partial charge is 0.365 e. The molecule has 1 aliphatic rings. The van der Waals surface area contributed by atoms with E-state index in [2.05, 4.69) is 0 Å². The van der Waals surface area contributed by atoms with Crippen LogP contribution in [0.2, 0.25) is 0 Å². The van der Waals surface area contributed by atoms with Crippen LogP contribution in [0, 0.1) is 5.82 Å². The van der Waals surface area contributed by atoms with E-state index >= 15 is 0 Å². The zero-order chi connectivity index (χ0) is 10.2. The summed E-state index contributed by atoms with van der Waals surface area (Å²) in [7, 11) is 1.91. The number of nitrogens with zero attached hydrogens (tertiary/aromatic N) is 1. The molecule has 3 heteroatoms. The van der Waals surface area contributed by atoms with Crippen molar-refractivity contribution >= 4 is 5.69 Å². The zero-order valence-electron chi connectivity index (χ0n) is 8.33. The van der Waals surface area contributed by atoms with Gasteiger partial charge in [0, 0.05) is 13.6 Å². The maximum absolute atomic E-state index is 13.5. The number of halogens is 1. The smallest absolute Gasteiger partial charge is 0.146 e. The molecule has 0 bridgehead atoms. The van der Waals surface area contributed by atoms with Crippen molar-refractivity contribution in [2.45, 2.75) is 18.4 Å². The van der Waals surface area contributed by atoms with Gasteiger partial charge in [-0.2, -0.15) is 0 Å². The molecular formula is C11H15FN2. The van der Waals surface area contributed by atoms with Crippen LogP contribution in [0.4, 0.5) is 10.1 Å². The van der Waals surface area contributed by atoms with E-state index in [0.717, 1.165) is 12.8 Å². The van der Waals surface area contributed by atoms with Gasteiger partial charge in [0.15, 0.2) is 0 Å². The van der Waals surface area contributed by atoms with Gasteiger partial charge in [-0.1, -0.05) is 12.1 Å². The minimum atomic E-state index is -0.172. The van der Waals surface area contributed by atoms with Crippen LogP contribution in [0.1, 0.15) is 12.8 Å². The monoisotopic (exact) mass is 194 g/mol. The van der Waals surface area contributed by atoms with Gasteiger partial charge in [-0.3, -0.25) is 0 Å². The highest BCUT2D eigenvalue weighted by molar-refractivity contribution is 5.51. The number of benzene rings is 1. The van der Waals surface area contributed by atoms with Crippen LogP contribution in [-0.4, -0.2) is 19.1 Å². The molecule has 0 spiro atoms. The standard InChI is InChI=1S/C11H15FN2/c1-14(11(8-13)6-7-11)10-5-3-2-4-9(10)12/h2-5H,6-8,13H2,1H3. The van der Waals surface area contributed by atoms with Crippen molar-refractivity contribution in [2.24, 2.45) is 5.73 Å². The Labute approximate surface area is 83.5 Å². The van der Waals surface area contributed by atoms with Crippen LogP contribution in [0.3, 0.4) is 0 Å². The van der Waals surface area contributed by atoms with Crippen molar-refractivity contribution in [3.8, 4) is 0 Å². The highest BCUT2D eigenvalue weighted by atomic mass is 19.1. The SMILES string of the molecule is CN(c1ccccc1F)C1(CN)CC1. The normalized spacial score (nSPS) is 17.9. The van der Waals surface area contributed by atoms with Gasteiger partial charge in [-0.25, -0.2) is 4.39 Å². The Hall–Kier alpha value is -1.09. The first kappa shape index (κ1) is 9.46. The average Bonchev–Trinajstić information content (AvgIpc) is 2.98. The van der Waals surface area contributed by atoms with Gasteiger partial charge < -0.3 is 10.6 Å². The lowest BCUT2D eigenvalue weighted by atomic mass is 10.2. The number of hydrogen-bond acceptors (Lipinski definition) is 2. The summed E-state index contributed by atoms with van der Waals surface area (Å²) < 4.78 is 13.5. The van der Waals surface area contributed by atoms with Crippen LogP contribution in [0.15, 0.2) is 24.3 Å². The summed E-state index contributed by atoms with van der Waals surface area (Å²) in [6.07, 6.45) is 2.13. The van der Waals surface area contributed by atoms with Crippen LogP contribution in [-0.2, 0) is 0 Å². The molecule has 1 aliphatic carbocycles. The third kappa shape index (κ3) is 1.38. The molecular weight excluding hydrogens is 179 g/mol. The predicted molar refractivity (Wildman–Crippen MR) is 55.8 cm³/mol. The van der Waals surface area contributed by atoms with E-state index in [1.165, 1.54) is 6.07 Å². The topological polar surface area (TPSA) is 29.3 Å². The summed E-state index contributed by atoms with van der Waals surface area (Å²) in [6.45, 7) is 0.595. The van der Waals surface area contributed by atoms with Crippen LogP contribution >= 0.6 is 0 Å². The van der Waals surface area contributed by atoms with E-state index in [9.17, 15) is 4.39 Å². The van der Waals surface area contributed by atoms with Gasteiger partial charge in [0.05, 0.1) is 11.2 Å². The van der Waals surface area contributed by atoms with Gasteiger partial charge in [0.1, 0.15) is 5.82 Å². The second-order valence-corrected chi connectivity index (χ2v) is 3.94. The van der Waals surface area contributed by atoms with E-state index in [4.69, 9.17) is 5.73 Å². The fraction of sp³-hybridized carbons (Fsp3) is 0.455. The minimum absolute atomic E-state index is 0.0161. The van der Waals surface area contributed by atoms with E-state index in [1.807, 2.05) is 18.0 Å². The molecule has 1 aromatic carbocycles. The third-order valence-corrected chi connectivity index (χ3v) is 3.13. The molecule has 76 valence electrons. The van der Waals surface area contributed by atoms with Crippen molar-refractivity contribution in [3.05, 3.63) is 30.1 Å². The Morgan fingerprint density at radius 1 is 1.43 bits per heavy atom. The molecule has 0 saturated heterocycles. The first-order valence-corrected chi connectivity index (χ1v) is 4.88. The molecule has 2 nitrogen and oxygen atoms in total. The lowest BCUT2D eigenvalue weighted by molar-refractivity contribution is 0.588. The molecule has 1 saturated carbocycles. The molecule has 14 heavy (non-hydrogen) atoms. The van der Waals surface area contributed by atoms with E-state index in [0.29, 0.717) is 12.2 Å². The molecule has 2 rings (SSSR count). The van der Waals surface area contributed by atoms with Crippen LogP contribution in [0.25, 0.3) is 0 Å². The van der Waals surface area contributed by atoms with Gasteiger partial charge in [0.2, 0.25) is 0 Å². The molecule has 0 atom stereocenters. The van der Waals surface area contributed by atoms with Crippen molar-refractivity contribution in [3.63, 3.8) is 0 Å². The number of para-hydroxylation sites is 1. The maximum atomic E-state index is 13.5. The first-order chi connectivity index (χ1) is 6.69. The number of rotatable bonds is 3. The Bertz CT molecular complexity index is 334. The molecule has 0 aliphatic heterocycles. The molecule has 2 N–H and O–H groups in total. The second-order valence-electron chi connectivity index (χ2n) is 3.94. The van der Waals surface area contributed by atoms with Crippen molar-refractivity contribution in [2.75, 3.05) is 18.5 Å². The quantitative estimate of drug-likeness (QED) is 0.794. The predicted octanol–water partition coefficient (Wildman–Crippen LogP) is 1.75. The maximum Gasteiger partial charge on any atom is 0.146 e. The molecule has 0 heterocycles. The Morgan fingerprint density at radius 3 is 2.57 bits per heavy atom. The summed E-state index contributed by atoms with van der Waals surface area (Å²) in [5, 5.41) is 0. The fourth-order valence-corrected chi connectivity index (χ4v) is 1.80. The Morgan fingerprint density at radius 2 is 2.07 bits per heavy atom. The third-order valence-electron chi connectivity index (χ3n) is 3.13. The molecule has 0 unspecified atom stereocenters. The molecule has 1 fully saturated rings. The van der Waals surface area contributed by atoms with Crippen molar-refractivity contribution in [1.29, 1.82) is 0 Å². The van der Waals surface area contributed by atoms with E-state index in [-0.39, 0.29) is 11.4 Å². The summed E-state index contributed by atoms with van der Waals surface area (Å²) >= 11 is 0. The highest BCUT2D eigenvalue weighted by Crippen LogP contribution is 2.42. The fourth-order valence-electron chi connectivity index (χ4n) is 1.80. The molecule has 1 aromatic rings. The summed E-state index contributed by atoms with van der Waals surface area (Å²) in [6, 6.07) is 6.83. The van der Waals surface area contributed by atoms with Crippen LogP contribution in [0.5, 0.6) is 0 Å². The first-order valence-electron chi connectivity index (χ1n) is 4.88. The molecule has 0 aromatic heterocycles. The molecule has 0 amide bonds. The van der Waals surface area contributed by atoms with Crippen molar-refractivity contribution in [1.82, 2.24) is 0 Å².